The molecule has 1 N–H and O–H groups in total. The molecule has 0 radical (unpaired) electrons. The molecule has 0 saturated heterocycles. The fourth-order valence-electron chi connectivity index (χ4n) is 1.87. The Hall–Kier alpha value is -2.43. The van der Waals surface area contributed by atoms with Gasteiger partial charge in [-0.05, 0) is 56.7 Å². The molecule has 0 atom stereocenters. The zero-order valence-electron chi connectivity index (χ0n) is 12.2. The van der Waals surface area contributed by atoms with Crippen molar-refractivity contribution in [3.63, 3.8) is 0 Å². The molecule has 0 saturated carbocycles. The second-order valence-corrected chi connectivity index (χ2v) is 4.94. The van der Waals surface area contributed by atoms with E-state index in [4.69, 9.17) is 4.74 Å². The lowest BCUT2D eigenvalue weighted by Crippen LogP contribution is -2.15. The molecule has 1 aromatic carbocycles. The zero-order valence-corrected chi connectivity index (χ0v) is 12.2. The number of aromatic nitrogens is 1. The maximum absolute atomic E-state index is 13.5. The summed E-state index contributed by atoms with van der Waals surface area (Å²) in [6.45, 7) is 5.73. The molecule has 0 unspecified atom stereocenters. The topological polar surface area (TPSA) is 51.2 Å². The molecule has 1 aromatic heterocycles. The van der Waals surface area contributed by atoms with Gasteiger partial charge in [-0.25, -0.2) is 4.98 Å². The van der Waals surface area contributed by atoms with E-state index in [1.54, 1.807) is 12.1 Å². The molecule has 0 aliphatic heterocycles. The molecule has 0 aliphatic rings. The van der Waals surface area contributed by atoms with Crippen molar-refractivity contribution in [2.24, 2.45) is 0 Å². The number of rotatable bonds is 4. The third-order valence-electron chi connectivity index (χ3n) is 2.82. The van der Waals surface area contributed by atoms with Gasteiger partial charge in [0, 0.05) is 11.9 Å². The maximum Gasteiger partial charge on any atom is 0.260 e. The molecule has 2 aromatic rings. The Morgan fingerprint density at radius 1 is 1.33 bits per heavy atom. The number of hydrogen-bond acceptors (Lipinski definition) is 3. The summed E-state index contributed by atoms with van der Waals surface area (Å²) in [5.74, 6) is -0.582. The van der Waals surface area contributed by atoms with E-state index in [0.29, 0.717) is 5.69 Å². The highest BCUT2D eigenvalue weighted by Crippen LogP contribution is 2.23. The van der Waals surface area contributed by atoms with Crippen molar-refractivity contribution in [3.05, 3.63) is 53.6 Å². The van der Waals surface area contributed by atoms with Crippen LogP contribution in [0, 0.1) is 12.9 Å². The molecule has 0 aliphatic carbocycles. The lowest BCUT2D eigenvalue weighted by Gasteiger charge is -2.13. The second kappa shape index (κ2) is 6.35. The fraction of sp³-hybridized carbons (Fsp3) is 0.250. The van der Waals surface area contributed by atoms with E-state index >= 15 is 0 Å². The van der Waals surface area contributed by atoms with Crippen LogP contribution in [0.15, 0.2) is 36.5 Å². The summed E-state index contributed by atoms with van der Waals surface area (Å²) in [7, 11) is 0. The minimum atomic E-state index is -0.785. The van der Waals surface area contributed by atoms with E-state index in [1.807, 2.05) is 26.8 Å². The summed E-state index contributed by atoms with van der Waals surface area (Å²) in [5.41, 5.74) is 1.37. The summed E-state index contributed by atoms with van der Waals surface area (Å²) < 4.78 is 19.0. The van der Waals surface area contributed by atoms with Crippen LogP contribution in [-0.2, 0) is 0 Å². The summed E-state index contributed by atoms with van der Waals surface area (Å²) >= 11 is 0. The number of benzene rings is 1. The SMILES string of the molecule is Cc1cc(OC(C)C)ccc1NC(=O)c1cccnc1F. The monoisotopic (exact) mass is 288 g/mol. The third kappa shape index (κ3) is 3.78. The van der Waals surface area contributed by atoms with Crippen LogP contribution in [-0.4, -0.2) is 17.0 Å². The average Bonchev–Trinajstić information content (AvgIpc) is 2.41. The molecule has 5 heteroatoms. The first-order valence-electron chi connectivity index (χ1n) is 6.66. The van der Waals surface area contributed by atoms with Crippen LogP contribution in [0.2, 0.25) is 0 Å². The van der Waals surface area contributed by atoms with Crippen LogP contribution in [0.5, 0.6) is 5.75 Å². The van der Waals surface area contributed by atoms with Gasteiger partial charge in [-0.1, -0.05) is 0 Å². The number of halogens is 1. The lowest BCUT2D eigenvalue weighted by molar-refractivity contribution is 0.102. The van der Waals surface area contributed by atoms with Crippen LogP contribution in [0.1, 0.15) is 29.8 Å². The number of carbonyl (C=O) groups excluding carboxylic acids is 1. The number of nitrogens with zero attached hydrogens (tertiary/aromatic N) is 1. The molecule has 1 heterocycles. The second-order valence-electron chi connectivity index (χ2n) is 4.94. The van der Waals surface area contributed by atoms with Crippen molar-refractivity contribution >= 4 is 11.6 Å². The van der Waals surface area contributed by atoms with Crippen molar-refractivity contribution < 1.29 is 13.9 Å². The Balaban J connectivity index is 2.17. The molecule has 4 nitrogen and oxygen atoms in total. The predicted molar refractivity (Wildman–Crippen MR) is 79.1 cm³/mol. The highest BCUT2D eigenvalue weighted by Gasteiger charge is 2.13. The number of aryl methyl sites for hydroxylation is 1. The van der Waals surface area contributed by atoms with Crippen LogP contribution >= 0.6 is 0 Å². The van der Waals surface area contributed by atoms with Crippen molar-refractivity contribution in [2.75, 3.05) is 5.32 Å². The molecule has 1 amide bonds. The first-order chi connectivity index (χ1) is 9.97. The number of hydrogen-bond donors (Lipinski definition) is 1. The number of amides is 1. The molecule has 0 spiro atoms. The Morgan fingerprint density at radius 2 is 2.10 bits per heavy atom. The van der Waals surface area contributed by atoms with Crippen LogP contribution in [0.3, 0.4) is 0 Å². The number of ether oxygens (including phenoxy) is 1. The van der Waals surface area contributed by atoms with E-state index in [-0.39, 0.29) is 11.7 Å². The molecular formula is C16H17FN2O2. The third-order valence-corrected chi connectivity index (χ3v) is 2.82. The Kier molecular flexibility index (Phi) is 4.52. The van der Waals surface area contributed by atoms with Crippen molar-refractivity contribution in [3.8, 4) is 5.75 Å². The summed E-state index contributed by atoms with van der Waals surface area (Å²) in [4.78, 5) is 15.5. The Morgan fingerprint density at radius 3 is 2.71 bits per heavy atom. The molecule has 2 rings (SSSR count). The quantitative estimate of drug-likeness (QED) is 0.875. The summed E-state index contributed by atoms with van der Waals surface area (Å²) in [6.07, 6.45) is 1.38. The van der Waals surface area contributed by atoms with Crippen molar-refractivity contribution in [1.82, 2.24) is 4.98 Å². The predicted octanol–water partition coefficient (Wildman–Crippen LogP) is 3.57. The minimum absolute atomic E-state index is 0.0781. The molecule has 0 fully saturated rings. The first-order valence-corrected chi connectivity index (χ1v) is 6.66. The number of carbonyl (C=O) groups is 1. The van der Waals surface area contributed by atoms with E-state index in [2.05, 4.69) is 10.3 Å². The van der Waals surface area contributed by atoms with Crippen LogP contribution in [0.4, 0.5) is 10.1 Å². The van der Waals surface area contributed by atoms with Gasteiger partial charge in [-0.15, -0.1) is 0 Å². The number of nitrogens with one attached hydrogen (secondary N) is 1. The van der Waals surface area contributed by atoms with Gasteiger partial charge < -0.3 is 10.1 Å². The van der Waals surface area contributed by atoms with E-state index in [1.165, 1.54) is 18.3 Å². The van der Waals surface area contributed by atoms with Gasteiger partial charge in [0.25, 0.3) is 5.91 Å². The number of pyridine rings is 1. The van der Waals surface area contributed by atoms with Crippen LogP contribution in [0.25, 0.3) is 0 Å². The highest BCUT2D eigenvalue weighted by atomic mass is 19.1. The van der Waals surface area contributed by atoms with Crippen molar-refractivity contribution in [1.29, 1.82) is 0 Å². The zero-order chi connectivity index (χ0) is 15.4. The maximum atomic E-state index is 13.5. The van der Waals surface area contributed by atoms with Gasteiger partial charge in [0.1, 0.15) is 5.75 Å². The largest absolute Gasteiger partial charge is 0.491 e. The van der Waals surface area contributed by atoms with Crippen LogP contribution < -0.4 is 10.1 Å². The first kappa shape index (κ1) is 15.0. The number of anilines is 1. The smallest absolute Gasteiger partial charge is 0.260 e. The molecule has 110 valence electrons. The molecular weight excluding hydrogens is 271 g/mol. The molecule has 21 heavy (non-hydrogen) atoms. The van der Waals surface area contributed by atoms with Gasteiger partial charge in [0.15, 0.2) is 0 Å². The van der Waals surface area contributed by atoms with Gasteiger partial charge in [-0.2, -0.15) is 4.39 Å². The summed E-state index contributed by atoms with van der Waals surface area (Å²) in [5, 5.41) is 2.67. The average molecular weight is 288 g/mol. The van der Waals surface area contributed by atoms with Gasteiger partial charge in [-0.3, -0.25) is 4.79 Å². The fourth-order valence-corrected chi connectivity index (χ4v) is 1.87. The van der Waals surface area contributed by atoms with E-state index < -0.39 is 11.9 Å². The molecule has 0 bridgehead atoms. The highest BCUT2D eigenvalue weighted by molar-refractivity contribution is 6.04. The van der Waals surface area contributed by atoms with Crippen molar-refractivity contribution in [2.45, 2.75) is 26.9 Å². The standard InChI is InChI=1S/C16H17FN2O2/c1-10(2)21-12-6-7-14(11(3)9-12)19-16(20)13-5-4-8-18-15(13)17/h4-10H,1-3H3,(H,19,20). The van der Waals surface area contributed by atoms with Gasteiger partial charge in [0.2, 0.25) is 5.95 Å². The Bertz CT molecular complexity index is 656. The lowest BCUT2D eigenvalue weighted by atomic mass is 10.1. The normalized spacial score (nSPS) is 10.5. The van der Waals surface area contributed by atoms with Gasteiger partial charge >= 0.3 is 0 Å². The minimum Gasteiger partial charge on any atom is -0.491 e. The van der Waals surface area contributed by atoms with E-state index in [9.17, 15) is 9.18 Å². The van der Waals surface area contributed by atoms with Gasteiger partial charge in [0.05, 0.1) is 11.7 Å². The van der Waals surface area contributed by atoms with E-state index in [0.717, 1.165) is 11.3 Å². The Labute approximate surface area is 123 Å². The summed E-state index contributed by atoms with van der Waals surface area (Å²) in [6, 6.07) is 8.24.